The lowest BCUT2D eigenvalue weighted by Crippen LogP contribution is -2.41. The molecule has 0 spiro atoms. The van der Waals surface area contributed by atoms with Gasteiger partial charge in [0, 0.05) is 6.04 Å². The van der Waals surface area contributed by atoms with E-state index in [0.717, 1.165) is 35.8 Å². The molecule has 0 aliphatic carbocycles. The van der Waals surface area contributed by atoms with Crippen LogP contribution < -0.4 is 19.5 Å². The van der Waals surface area contributed by atoms with E-state index in [1.165, 1.54) is 0 Å². The van der Waals surface area contributed by atoms with E-state index in [1.807, 2.05) is 55.5 Å². The lowest BCUT2D eigenvalue weighted by atomic mass is 10.1. The molecule has 2 aromatic carbocycles. The van der Waals surface area contributed by atoms with Crippen LogP contribution in [0.3, 0.4) is 0 Å². The Morgan fingerprint density at radius 3 is 2.40 bits per heavy atom. The number of methoxy groups -OCH3 is 2. The van der Waals surface area contributed by atoms with E-state index in [2.05, 4.69) is 5.32 Å². The number of hydrogen-bond donors (Lipinski definition) is 2. The number of para-hydroxylation sites is 1. The zero-order chi connectivity index (χ0) is 18.1. The first-order chi connectivity index (χ1) is 12.1. The largest absolute Gasteiger partial charge is 0.493 e. The average Bonchev–Trinajstić information content (AvgIpc) is 2.66. The molecule has 25 heavy (non-hydrogen) atoms. The van der Waals surface area contributed by atoms with Crippen molar-refractivity contribution in [3.8, 4) is 17.2 Å². The van der Waals surface area contributed by atoms with Crippen LogP contribution in [0.25, 0.3) is 0 Å². The van der Waals surface area contributed by atoms with E-state index in [1.54, 1.807) is 14.2 Å². The van der Waals surface area contributed by atoms with Crippen molar-refractivity contribution in [3.63, 3.8) is 0 Å². The molecule has 2 unspecified atom stereocenters. The fourth-order valence-electron chi connectivity index (χ4n) is 2.46. The monoisotopic (exact) mass is 345 g/mol. The predicted octanol–water partition coefficient (Wildman–Crippen LogP) is 2.66. The minimum Gasteiger partial charge on any atom is -0.493 e. The highest BCUT2D eigenvalue weighted by Gasteiger charge is 2.14. The van der Waals surface area contributed by atoms with Crippen molar-refractivity contribution in [1.29, 1.82) is 0 Å². The van der Waals surface area contributed by atoms with Crippen molar-refractivity contribution in [1.82, 2.24) is 5.32 Å². The van der Waals surface area contributed by atoms with Gasteiger partial charge in [-0.3, -0.25) is 0 Å². The number of nitrogens with one attached hydrogen (secondary N) is 1. The van der Waals surface area contributed by atoms with Gasteiger partial charge in [-0.15, -0.1) is 0 Å². The Morgan fingerprint density at radius 1 is 1.00 bits per heavy atom. The normalized spacial score (nSPS) is 13.1. The summed E-state index contributed by atoms with van der Waals surface area (Å²) < 4.78 is 16.1. The molecule has 0 aromatic heterocycles. The lowest BCUT2D eigenvalue weighted by molar-refractivity contribution is 0.0788. The minimum atomic E-state index is -0.578. The molecular formula is C20H27NO4. The van der Waals surface area contributed by atoms with Crippen LogP contribution in [-0.4, -0.2) is 44.6 Å². The molecule has 0 bridgehead atoms. The van der Waals surface area contributed by atoms with E-state index in [0.29, 0.717) is 0 Å². The highest BCUT2D eigenvalue weighted by atomic mass is 16.5. The minimum absolute atomic E-state index is 0.0659. The fraction of sp³-hybridized carbons (Fsp3) is 0.400. The summed E-state index contributed by atoms with van der Waals surface area (Å²) in [5.74, 6) is 2.21. The van der Waals surface area contributed by atoms with Crippen LogP contribution in [0.2, 0.25) is 0 Å². The van der Waals surface area contributed by atoms with Crippen molar-refractivity contribution >= 4 is 0 Å². The Hall–Kier alpha value is -2.24. The number of rotatable bonds is 10. The molecule has 0 fully saturated rings. The van der Waals surface area contributed by atoms with Gasteiger partial charge in [-0.2, -0.15) is 0 Å². The second-order valence-electron chi connectivity index (χ2n) is 5.87. The van der Waals surface area contributed by atoms with Crippen LogP contribution in [0.15, 0.2) is 48.5 Å². The van der Waals surface area contributed by atoms with Gasteiger partial charge in [0.2, 0.25) is 0 Å². The maximum absolute atomic E-state index is 10.2. The van der Waals surface area contributed by atoms with Crippen molar-refractivity contribution in [3.05, 3.63) is 54.1 Å². The maximum atomic E-state index is 10.2. The third kappa shape index (κ3) is 5.96. The molecule has 2 atom stereocenters. The quantitative estimate of drug-likeness (QED) is 0.693. The van der Waals surface area contributed by atoms with Gasteiger partial charge >= 0.3 is 0 Å². The summed E-state index contributed by atoms with van der Waals surface area (Å²) in [5, 5.41) is 13.5. The zero-order valence-corrected chi connectivity index (χ0v) is 15.1. The molecule has 5 nitrogen and oxygen atoms in total. The van der Waals surface area contributed by atoms with Crippen molar-refractivity contribution in [2.75, 3.05) is 27.4 Å². The molecule has 2 aromatic rings. The summed E-state index contributed by atoms with van der Waals surface area (Å²) in [7, 11) is 3.25. The van der Waals surface area contributed by atoms with Gasteiger partial charge in [0.1, 0.15) is 18.5 Å². The molecule has 0 saturated carbocycles. The summed E-state index contributed by atoms with van der Waals surface area (Å²) >= 11 is 0. The summed E-state index contributed by atoms with van der Waals surface area (Å²) in [5.41, 5.74) is 1.15. The standard InChI is InChI=1S/C20H27NO4/c1-15(18(22)14-25-17-7-5-4-6-8-17)21-12-11-16-9-10-19(23-2)20(13-16)24-3/h4-10,13,15,18,21-22H,11-12,14H2,1-3H3. The topological polar surface area (TPSA) is 60.0 Å². The molecule has 0 saturated heterocycles. The molecule has 0 amide bonds. The van der Waals surface area contributed by atoms with Gasteiger partial charge in [0.25, 0.3) is 0 Å². The molecule has 0 aliphatic heterocycles. The third-order valence-electron chi connectivity index (χ3n) is 4.07. The smallest absolute Gasteiger partial charge is 0.160 e. The summed E-state index contributed by atoms with van der Waals surface area (Å²) in [6, 6.07) is 15.3. The van der Waals surface area contributed by atoms with Crippen LogP contribution >= 0.6 is 0 Å². The van der Waals surface area contributed by atoms with Gasteiger partial charge in [-0.05, 0) is 49.7 Å². The van der Waals surface area contributed by atoms with Crippen LogP contribution in [0.1, 0.15) is 12.5 Å². The number of benzene rings is 2. The molecule has 0 heterocycles. The van der Waals surface area contributed by atoms with Gasteiger partial charge in [0.15, 0.2) is 11.5 Å². The Morgan fingerprint density at radius 2 is 1.72 bits per heavy atom. The predicted molar refractivity (Wildman–Crippen MR) is 98.7 cm³/mol. The van der Waals surface area contributed by atoms with E-state index in [-0.39, 0.29) is 12.6 Å². The Bertz CT molecular complexity index is 633. The van der Waals surface area contributed by atoms with Crippen LogP contribution in [0, 0.1) is 0 Å². The van der Waals surface area contributed by atoms with Gasteiger partial charge in [-0.1, -0.05) is 24.3 Å². The van der Waals surface area contributed by atoms with Crippen LogP contribution in [-0.2, 0) is 6.42 Å². The summed E-state index contributed by atoms with van der Waals surface area (Å²) in [6.07, 6.45) is 0.252. The third-order valence-corrected chi connectivity index (χ3v) is 4.07. The second kappa shape index (κ2) is 9.91. The molecule has 0 aliphatic rings. The van der Waals surface area contributed by atoms with E-state index >= 15 is 0 Å². The number of aliphatic hydroxyl groups excluding tert-OH is 1. The van der Waals surface area contributed by atoms with Crippen LogP contribution in [0.5, 0.6) is 17.2 Å². The van der Waals surface area contributed by atoms with Crippen LogP contribution in [0.4, 0.5) is 0 Å². The molecule has 2 N–H and O–H groups in total. The lowest BCUT2D eigenvalue weighted by Gasteiger charge is -2.21. The Labute approximate surface area is 149 Å². The SMILES string of the molecule is COc1ccc(CCNC(C)C(O)COc2ccccc2)cc1OC. The molecule has 5 heteroatoms. The fourth-order valence-corrected chi connectivity index (χ4v) is 2.46. The summed E-state index contributed by atoms with van der Waals surface area (Å²) in [4.78, 5) is 0. The van der Waals surface area contributed by atoms with Crippen molar-refractivity contribution < 1.29 is 19.3 Å². The molecule has 0 radical (unpaired) electrons. The zero-order valence-electron chi connectivity index (χ0n) is 15.1. The maximum Gasteiger partial charge on any atom is 0.160 e. The van der Waals surface area contributed by atoms with Crippen molar-refractivity contribution in [2.45, 2.75) is 25.5 Å². The van der Waals surface area contributed by atoms with Crippen molar-refractivity contribution in [2.24, 2.45) is 0 Å². The highest BCUT2D eigenvalue weighted by molar-refractivity contribution is 5.42. The highest BCUT2D eigenvalue weighted by Crippen LogP contribution is 2.27. The second-order valence-corrected chi connectivity index (χ2v) is 5.87. The Kier molecular flexibility index (Phi) is 7.57. The number of hydrogen-bond acceptors (Lipinski definition) is 5. The number of ether oxygens (including phenoxy) is 3. The van der Waals surface area contributed by atoms with E-state index in [4.69, 9.17) is 14.2 Å². The molecular weight excluding hydrogens is 318 g/mol. The Balaban J connectivity index is 1.75. The van der Waals surface area contributed by atoms with Gasteiger partial charge in [-0.25, -0.2) is 0 Å². The first-order valence-electron chi connectivity index (χ1n) is 8.44. The summed E-state index contributed by atoms with van der Waals surface area (Å²) in [6.45, 7) is 2.96. The van der Waals surface area contributed by atoms with Gasteiger partial charge < -0.3 is 24.6 Å². The molecule has 136 valence electrons. The van der Waals surface area contributed by atoms with Gasteiger partial charge in [0.05, 0.1) is 14.2 Å². The van der Waals surface area contributed by atoms with E-state index in [9.17, 15) is 5.11 Å². The first-order valence-corrected chi connectivity index (χ1v) is 8.44. The average molecular weight is 345 g/mol. The first kappa shape index (κ1) is 19.1. The van der Waals surface area contributed by atoms with E-state index < -0.39 is 6.10 Å². The molecule has 2 rings (SSSR count). The number of aliphatic hydroxyl groups is 1.